The van der Waals surface area contributed by atoms with Crippen molar-refractivity contribution < 1.29 is 22.4 Å². The van der Waals surface area contributed by atoms with Gasteiger partial charge in [-0.3, -0.25) is 9.59 Å². The second kappa shape index (κ2) is 10.2. The topological polar surface area (TPSA) is 74.8 Å². The van der Waals surface area contributed by atoms with Gasteiger partial charge in [0.1, 0.15) is 11.6 Å². The summed E-state index contributed by atoms with van der Waals surface area (Å²) in [4.78, 5) is 28.0. The van der Waals surface area contributed by atoms with Crippen LogP contribution in [0.25, 0.3) is 0 Å². The number of rotatable bonds is 7. The molecule has 3 rings (SSSR count). The summed E-state index contributed by atoms with van der Waals surface area (Å²) in [5, 5.41) is 0.0325. The van der Waals surface area contributed by atoms with Gasteiger partial charge >= 0.3 is 0 Å². The highest BCUT2D eigenvalue weighted by Gasteiger charge is 2.28. The zero-order valence-electron chi connectivity index (χ0n) is 17.0. The third-order valence-corrected chi connectivity index (χ3v) is 7.10. The Balaban J connectivity index is 1.47. The molecule has 2 aromatic rings. The fourth-order valence-electron chi connectivity index (χ4n) is 3.48. The van der Waals surface area contributed by atoms with Crippen LogP contribution in [0, 0.1) is 5.82 Å². The number of halogens is 2. The Morgan fingerprint density at radius 2 is 1.61 bits per heavy atom. The van der Waals surface area contributed by atoms with E-state index >= 15 is 0 Å². The van der Waals surface area contributed by atoms with Gasteiger partial charge in [-0.1, -0.05) is 41.9 Å². The number of carbonyl (C=O) groups excluding carboxylic acids is 2. The minimum absolute atomic E-state index is 0.0325. The summed E-state index contributed by atoms with van der Waals surface area (Å²) in [6, 6.07) is 13.2. The lowest BCUT2D eigenvalue weighted by molar-refractivity contribution is -0.129. The molecule has 0 bridgehead atoms. The van der Waals surface area contributed by atoms with Crippen LogP contribution in [0.15, 0.2) is 48.5 Å². The summed E-state index contributed by atoms with van der Waals surface area (Å²) in [5.41, 5.74) is 1.26. The molecule has 1 aliphatic heterocycles. The molecule has 1 fully saturated rings. The largest absolute Gasteiger partial charge is 0.338 e. The van der Waals surface area contributed by atoms with Crippen molar-refractivity contribution in [1.82, 2.24) is 9.80 Å². The zero-order chi connectivity index (χ0) is 22.4. The molecule has 1 saturated heterocycles. The number of benzene rings is 2. The highest BCUT2D eigenvalue weighted by Crippen LogP contribution is 2.20. The van der Waals surface area contributed by atoms with E-state index in [1.54, 1.807) is 0 Å². The van der Waals surface area contributed by atoms with Crippen LogP contribution in [0.3, 0.4) is 0 Å². The minimum atomic E-state index is -3.51. The van der Waals surface area contributed by atoms with Crippen molar-refractivity contribution in [3.8, 4) is 0 Å². The van der Waals surface area contributed by atoms with Crippen LogP contribution < -0.4 is 0 Å². The van der Waals surface area contributed by atoms with Crippen LogP contribution in [0.2, 0.25) is 5.02 Å². The van der Waals surface area contributed by atoms with Gasteiger partial charge in [0.15, 0.2) is 9.84 Å². The summed E-state index contributed by atoms with van der Waals surface area (Å²) in [6.45, 7) is 0.991. The van der Waals surface area contributed by atoms with Crippen molar-refractivity contribution in [2.45, 2.75) is 12.8 Å². The fourth-order valence-corrected chi connectivity index (χ4v) is 5.02. The highest BCUT2D eigenvalue weighted by molar-refractivity contribution is 7.92. The molecule has 0 radical (unpaired) electrons. The number of nitrogens with zero attached hydrogens (tertiary/aromatic N) is 2. The number of carbonyl (C=O) groups is 2. The van der Waals surface area contributed by atoms with Gasteiger partial charge in [0, 0.05) is 26.2 Å². The number of amides is 2. The van der Waals surface area contributed by atoms with Crippen LogP contribution in [0.5, 0.6) is 0 Å². The molecule has 166 valence electrons. The lowest BCUT2D eigenvalue weighted by atomic mass is 10.1. The first-order valence-corrected chi connectivity index (χ1v) is 12.2. The minimum Gasteiger partial charge on any atom is -0.338 e. The number of hydrogen-bond donors (Lipinski definition) is 0. The van der Waals surface area contributed by atoms with Crippen molar-refractivity contribution in [2.75, 3.05) is 37.7 Å². The Labute approximate surface area is 186 Å². The van der Waals surface area contributed by atoms with E-state index in [0.717, 1.165) is 11.6 Å². The molecule has 2 amide bonds. The Morgan fingerprint density at radius 1 is 0.968 bits per heavy atom. The highest BCUT2D eigenvalue weighted by atomic mass is 35.5. The molecule has 0 unspecified atom stereocenters. The molecular weight excluding hydrogens is 443 g/mol. The smallest absolute Gasteiger partial charge is 0.255 e. The summed E-state index contributed by atoms with van der Waals surface area (Å²) in [7, 11) is -3.51. The van der Waals surface area contributed by atoms with Crippen molar-refractivity contribution in [1.29, 1.82) is 0 Å². The van der Waals surface area contributed by atoms with Gasteiger partial charge in [-0.15, -0.1) is 0 Å². The summed E-state index contributed by atoms with van der Waals surface area (Å²) >= 11 is 5.96. The maximum Gasteiger partial charge on any atom is 0.255 e. The third-order valence-electron chi connectivity index (χ3n) is 5.19. The molecule has 0 atom stereocenters. The van der Waals surface area contributed by atoms with Gasteiger partial charge in [0.25, 0.3) is 5.91 Å². The van der Waals surface area contributed by atoms with Crippen molar-refractivity contribution in [3.63, 3.8) is 0 Å². The first kappa shape index (κ1) is 23.2. The predicted molar refractivity (Wildman–Crippen MR) is 117 cm³/mol. The molecule has 31 heavy (non-hydrogen) atoms. The van der Waals surface area contributed by atoms with Gasteiger partial charge in [-0.05, 0) is 36.6 Å². The Bertz CT molecular complexity index is 1040. The molecule has 2 aromatic carbocycles. The summed E-state index contributed by atoms with van der Waals surface area (Å²) in [6.07, 6.45) is 1.10. The van der Waals surface area contributed by atoms with Gasteiger partial charge in [-0.25, -0.2) is 12.8 Å². The van der Waals surface area contributed by atoms with Gasteiger partial charge in [0.05, 0.1) is 16.3 Å². The molecule has 0 aliphatic carbocycles. The quantitative estimate of drug-likeness (QED) is 0.629. The second-order valence-corrected chi connectivity index (χ2v) is 10.1. The maximum absolute atomic E-state index is 13.2. The Morgan fingerprint density at radius 3 is 2.26 bits per heavy atom. The standard InChI is InChI=1S/C22H24ClFN2O4S/c23-20-15-18(24)8-9-19(20)22(28)26-12-10-25(11-13-26)21(27)16-31(29,30)14-4-7-17-5-2-1-3-6-17/h1-3,5-6,8-9,15H,4,7,10-14,16H2. The number of piperazine rings is 1. The van der Waals surface area contributed by atoms with Crippen LogP contribution in [-0.2, 0) is 21.1 Å². The Hall–Kier alpha value is -2.45. The van der Waals surface area contributed by atoms with Crippen LogP contribution in [-0.4, -0.2) is 67.7 Å². The van der Waals surface area contributed by atoms with E-state index in [-0.39, 0.29) is 48.4 Å². The van der Waals surface area contributed by atoms with Crippen LogP contribution in [0.1, 0.15) is 22.3 Å². The molecule has 1 heterocycles. The predicted octanol–water partition coefficient (Wildman–Crippen LogP) is 2.81. The summed E-state index contributed by atoms with van der Waals surface area (Å²) < 4.78 is 37.9. The number of aryl methyl sites for hydroxylation is 1. The van der Waals surface area contributed by atoms with E-state index in [4.69, 9.17) is 11.6 Å². The van der Waals surface area contributed by atoms with Gasteiger partial charge in [-0.2, -0.15) is 0 Å². The number of sulfone groups is 1. The summed E-state index contributed by atoms with van der Waals surface area (Å²) in [5.74, 6) is -1.89. The van der Waals surface area contributed by atoms with E-state index in [1.165, 1.54) is 21.9 Å². The lowest BCUT2D eigenvalue weighted by Gasteiger charge is -2.35. The van der Waals surface area contributed by atoms with E-state index in [2.05, 4.69) is 0 Å². The number of hydrogen-bond acceptors (Lipinski definition) is 4. The van der Waals surface area contributed by atoms with Crippen LogP contribution in [0.4, 0.5) is 4.39 Å². The molecule has 0 aromatic heterocycles. The fraction of sp³-hybridized carbons (Fsp3) is 0.364. The van der Waals surface area contributed by atoms with Gasteiger partial charge in [0.2, 0.25) is 5.91 Å². The van der Waals surface area contributed by atoms with Crippen LogP contribution >= 0.6 is 11.6 Å². The third kappa shape index (κ3) is 6.51. The van der Waals surface area contributed by atoms with Gasteiger partial charge < -0.3 is 9.80 Å². The van der Waals surface area contributed by atoms with Crippen molar-refractivity contribution >= 4 is 33.3 Å². The van der Waals surface area contributed by atoms with E-state index in [9.17, 15) is 22.4 Å². The first-order valence-electron chi connectivity index (χ1n) is 10.0. The van der Waals surface area contributed by atoms with E-state index < -0.39 is 27.3 Å². The maximum atomic E-state index is 13.2. The molecule has 0 saturated carbocycles. The van der Waals surface area contributed by atoms with E-state index in [1.807, 2.05) is 30.3 Å². The molecule has 0 spiro atoms. The van der Waals surface area contributed by atoms with E-state index in [0.29, 0.717) is 12.8 Å². The normalized spacial score (nSPS) is 14.5. The monoisotopic (exact) mass is 466 g/mol. The average Bonchev–Trinajstić information content (AvgIpc) is 2.74. The molecule has 0 N–H and O–H groups in total. The first-order chi connectivity index (χ1) is 14.7. The molecular formula is C22H24ClFN2O4S. The average molecular weight is 467 g/mol. The second-order valence-electron chi connectivity index (χ2n) is 7.48. The van der Waals surface area contributed by atoms with Crippen molar-refractivity contribution in [2.24, 2.45) is 0 Å². The molecule has 9 heteroatoms. The Kier molecular flexibility index (Phi) is 7.67. The lowest BCUT2D eigenvalue weighted by Crippen LogP contribution is -2.51. The molecule has 1 aliphatic rings. The zero-order valence-corrected chi connectivity index (χ0v) is 18.5. The molecule has 6 nitrogen and oxygen atoms in total. The SMILES string of the molecule is O=C(CS(=O)(=O)CCCc1ccccc1)N1CCN(C(=O)c2ccc(F)cc2Cl)CC1. The van der Waals surface area contributed by atoms with Crippen molar-refractivity contribution in [3.05, 3.63) is 70.5 Å².